The van der Waals surface area contributed by atoms with Crippen LogP contribution >= 0.6 is 0 Å². The number of rotatable bonds is 5. The molecular weight excluding hydrogens is 368 g/mol. The summed E-state index contributed by atoms with van der Waals surface area (Å²) >= 11 is 0. The van der Waals surface area contributed by atoms with Crippen LogP contribution in [0.1, 0.15) is 49.4 Å². The Balaban J connectivity index is 2.14. The molecule has 7 nitrogen and oxygen atoms in total. The van der Waals surface area contributed by atoms with E-state index in [2.05, 4.69) is 0 Å². The van der Waals surface area contributed by atoms with Gasteiger partial charge in [-0.2, -0.15) is 4.31 Å². The van der Waals surface area contributed by atoms with Crippen LogP contribution in [0.4, 0.5) is 0 Å². The number of nitrogens with zero attached hydrogens (tertiary/aromatic N) is 2. The van der Waals surface area contributed by atoms with E-state index in [0.29, 0.717) is 12.1 Å². The van der Waals surface area contributed by atoms with Gasteiger partial charge in [-0.1, -0.05) is 19.3 Å². The number of pyridine rings is 1. The summed E-state index contributed by atoms with van der Waals surface area (Å²) < 4.78 is 29.2. The monoisotopic (exact) mass is 392 g/mol. The van der Waals surface area contributed by atoms with Gasteiger partial charge in [-0.15, -0.1) is 0 Å². The van der Waals surface area contributed by atoms with Crippen molar-refractivity contribution in [2.75, 3.05) is 7.05 Å². The van der Waals surface area contributed by atoms with Crippen LogP contribution in [0.2, 0.25) is 0 Å². The zero-order chi connectivity index (χ0) is 19.8. The summed E-state index contributed by atoms with van der Waals surface area (Å²) in [5.74, 6) is -1.32. The van der Waals surface area contributed by atoms with Gasteiger partial charge in [0.1, 0.15) is 5.56 Å². The summed E-state index contributed by atoms with van der Waals surface area (Å²) in [5, 5.41) is 9.40. The zero-order valence-electron chi connectivity index (χ0n) is 15.5. The van der Waals surface area contributed by atoms with Crippen LogP contribution in [0.3, 0.4) is 0 Å². The van der Waals surface area contributed by atoms with E-state index in [4.69, 9.17) is 0 Å². The molecule has 0 radical (unpaired) electrons. The number of carboxylic acid groups (broad SMARTS) is 1. The van der Waals surface area contributed by atoms with Gasteiger partial charge >= 0.3 is 5.97 Å². The summed E-state index contributed by atoms with van der Waals surface area (Å²) in [6, 6.07) is 4.33. The Morgan fingerprint density at radius 2 is 1.93 bits per heavy atom. The molecule has 0 atom stereocenters. The highest BCUT2D eigenvalue weighted by atomic mass is 32.2. The molecule has 3 rings (SSSR count). The van der Waals surface area contributed by atoms with Crippen molar-refractivity contribution < 1.29 is 18.3 Å². The second-order valence-corrected chi connectivity index (χ2v) is 8.95. The molecule has 1 N–H and O–H groups in total. The summed E-state index contributed by atoms with van der Waals surface area (Å²) in [6.07, 6.45) is 6.09. The van der Waals surface area contributed by atoms with E-state index in [0.717, 1.165) is 32.1 Å². The zero-order valence-corrected chi connectivity index (χ0v) is 16.3. The number of aromatic carboxylic acids is 1. The average molecular weight is 392 g/mol. The number of carboxylic acids is 1. The fourth-order valence-corrected chi connectivity index (χ4v) is 5.20. The predicted octanol–water partition coefficient (Wildman–Crippen LogP) is 2.67. The lowest BCUT2D eigenvalue weighted by atomic mass is 9.96. The molecule has 1 fully saturated rings. The van der Waals surface area contributed by atoms with Gasteiger partial charge in [-0.05, 0) is 38.0 Å². The first-order valence-electron chi connectivity index (χ1n) is 9.16. The van der Waals surface area contributed by atoms with Gasteiger partial charge in [-0.3, -0.25) is 4.79 Å². The molecule has 2 aromatic rings. The number of carbonyl (C=O) groups is 1. The van der Waals surface area contributed by atoms with Crippen molar-refractivity contribution in [1.29, 1.82) is 0 Å². The summed E-state index contributed by atoms with van der Waals surface area (Å²) in [6.45, 7) is 2.29. The fourth-order valence-electron chi connectivity index (χ4n) is 3.76. The minimum absolute atomic E-state index is 0.0189. The highest BCUT2D eigenvalue weighted by molar-refractivity contribution is 7.89. The van der Waals surface area contributed by atoms with Crippen LogP contribution in [0.15, 0.2) is 34.1 Å². The van der Waals surface area contributed by atoms with Gasteiger partial charge in [0.05, 0.1) is 10.4 Å². The van der Waals surface area contributed by atoms with Crippen LogP contribution in [0, 0.1) is 0 Å². The van der Waals surface area contributed by atoms with E-state index in [1.807, 2.05) is 6.92 Å². The molecular formula is C19H24N2O5S. The Hall–Kier alpha value is -2.19. The van der Waals surface area contributed by atoms with Crippen molar-refractivity contribution in [3.8, 4) is 0 Å². The highest BCUT2D eigenvalue weighted by Gasteiger charge is 2.29. The van der Waals surface area contributed by atoms with Crippen LogP contribution < -0.4 is 5.43 Å². The molecule has 1 aliphatic rings. The molecule has 0 saturated heterocycles. The lowest BCUT2D eigenvalue weighted by Gasteiger charge is -2.30. The normalized spacial score (nSPS) is 16.1. The standard InChI is InChI=1S/C19H24N2O5S/c1-3-21-12-16(19(23)24)18(22)15-11-14(9-10-17(15)21)27(25,26)20(2)13-7-5-4-6-8-13/h9-13H,3-8H2,1-2H3,(H,23,24). The Kier molecular flexibility index (Phi) is 5.39. The maximum Gasteiger partial charge on any atom is 0.341 e. The van der Waals surface area contributed by atoms with Crippen LogP contribution in [0.25, 0.3) is 10.9 Å². The van der Waals surface area contributed by atoms with E-state index >= 15 is 0 Å². The molecule has 1 aliphatic carbocycles. The first-order chi connectivity index (χ1) is 12.8. The Bertz CT molecular complexity index is 1040. The quantitative estimate of drug-likeness (QED) is 0.844. The molecule has 1 heterocycles. The van der Waals surface area contributed by atoms with E-state index in [-0.39, 0.29) is 21.9 Å². The number of hydrogen-bond acceptors (Lipinski definition) is 4. The number of benzene rings is 1. The molecule has 1 aromatic heterocycles. The van der Waals surface area contributed by atoms with Crippen molar-refractivity contribution in [1.82, 2.24) is 8.87 Å². The molecule has 146 valence electrons. The van der Waals surface area contributed by atoms with Crippen molar-refractivity contribution in [3.05, 3.63) is 40.2 Å². The number of aryl methyl sites for hydroxylation is 1. The molecule has 8 heteroatoms. The van der Waals surface area contributed by atoms with Gasteiger partial charge < -0.3 is 9.67 Å². The summed E-state index contributed by atoms with van der Waals surface area (Å²) in [5.41, 5.74) is -0.508. The van der Waals surface area contributed by atoms with E-state index in [9.17, 15) is 23.1 Å². The largest absolute Gasteiger partial charge is 0.477 e. The van der Waals surface area contributed by atoms with Crippen LogP contribution in [0.5, 0.6) is 0 Å². The summed E-state index contributed by atoms with van der Waals surface area (Å²) in [4.78, 5) is 24.0. The molecule has 27 heavy (non-hydrogen) atoms. The Morgan fingerprint density at radius 3 is 2.52 bits per heavy atom. The molecule has 0 aliphatic heterocycles. The van der Waals surface area contributed by atoms with Crippen molar-refractivity contribution in [2.24, 2.45) is 0 Å². The van der Waals surface area contributed by atoms with Crippen LogP contribution in [-0.2, 0) is 16.6 Å². The van der Waals surface area contributed by atoms with E-state index in [1.165, 1.54) is 22.6 Å². The lowest BCUT2D eigenvalue weighted by Crippen LogP contribution is -2.38. The van der Waals surface area contributed by atoms with Gasteiger partial charge in [0.2, 0.25) is 15.5 Å². The SMILES string of the molecule is CCn1cc(C(=O)O)c(=O)c2cc(S(=O)(=O)N(C)C3CCCCC3)ccc21. The minimum atomic E-state index is -3.76. The maximum atomic E-state index is 13.1. The molecule has 0 spiro atoms. The van der Waals surface area contributed by atoms with Crippen molar-refractivity contribution in [3.63, 3.8) is 0 Å². The molecule has 0 amide bonds. The maximum absolute atomic E-state index is 13.1. The number of hydrogen-bond donors (Lipinski definition) is 1. The third kappa shape index (κ3) is 3.51. The molecule has 0 bridgehead atoms. The first-order valence-corrected chi connectivity index (χ1v) is 10.6. The summed E-state index contributed by atoms with van der Waals surface area (Å²) in [7, 11) is -2.18. The number of sulfonamides is 1. The second-order valence-electron chi connectivity index (χ2n) is 6.96. The fraction of sp³-hybridized carbons (Fsp3) is 0.474. The van der Waals surface area contributed by atoms with E-state index < -0.39 is 21.4 Å². The first kappa shape index (κ1) is 19.6. The Labute approximate surface area is 158 Å². The second kappa shape index (κ2) is 7.44. The molecule has 0 unspecified atom stereocenters. The van der Waals surface area contributed by atoms with Gasteiger partial charge in [0, 0.05) is 31.2 Å². The number of aromatic nitrogens is 1. The van der Waals surface area contributed by atoms with Gasteiger partial charge in [0.15, 0.2) is 0 Å². The minimum Gasteiger partial charge on any atom is -0.477 e. The van der Waals surface area contributed by atoms with E-state index in [1.54, 1.807) is 17.7 Å². The average Bonchev–Trinajstić information content (AvgIpc) is 2.67. The molecule has 1 aromatic carbocycles. The van der Waals surface area contributed by atoms with Crippen molar-refractivity contribution >= 4 is 26.9 Å². The smallest absolute Gasteiger partial charge is 0.341 e. The third-order valence-electron chi connectivity index (χ3n) is 5.39. The predicted molar refractivity (Wildman–Crippen MR) is 103 cm³/mol. The highest BCUT2D eigenvalue weighted by Crippen LogP contribution is 2.27. The van der Waals surface area contributed by atoms with Gasteiger partial charge in [0.25, 0.3) is 0 Å². The topological polar surface area (TPSA) is 96.7 Å². The third-order valence-corrected chi connectivity index (χ3v) is 7.29. The Morgan fingerprint density at radius 1 is 1.26 bits per heavy atom. The van der Waals surface area contributed by atoms with Crippen molar-refractivity contribution in [2.45, 2.75) is 56.5 Å². The number of fused-ring (bicyclic) bond motifs is 1. The van der Waals surface area contributed by atoms with Crippen LogP contribution in [-0.4, -0.2) is 41.5 Å². The molecule has 1 saturated carbocycles. The van der Waals surface area contributed by atoms with Gasteiger partial charge in [-0.25, -0.2) is 13.2 Å². The lowest BCUT2D eigenvalue weighted by molar-refractivity contribution is 0.0695.